The van der Waals surface area contributed by atoms with Crippen LogP contribution in [0.25, 0.3) is 5.69 Å². The number of fused-ring (bicyclic) bond motifs is 3. The lowest BCUT2D eigenvalue weighted by molar-refractivity contribution is 0.0913. The number of aliphatic hydroxyl groups excluding tert-OH is 1. The lowest BCUT2D eigenvalue weighted by Crippen LogP contribution is -2.31. The highest BCUT2D eigenvalue weighted by molar-refractivity contribution is 6.45. The smallest absolute Gasteiger partial charge is 0.291 e. The van der Waals surface area contributed by atoms with Crippen LogP contribution in [0.3, 0.4) is 0 Å². The second-order valence-electron chi connectivity index (χ2n) is 7.27. The van der Waals surface area contributed by atoms with E-state index in [1.807, 2.05) is 0 Å². The Bertz CT molecular complexity index is 1240. The molecule has 11 heteroatoms. The van der Waals surface area contributed by atoms with E-state index in [1.165, 1.54) is 23.7 Å². The fraction of sp³-hybridized carbons (Fsp3) is 0.238. The molecule has 0 fully saturated rings. The average molecular weight is 480 g/mol. The molecule has 1 amide bonds. The third kappa shape index (κ3) is 3.87. The highest BCUT2D eigenvalue weighted by atomic mass is 35.5. The molecule has 32 heavy (non-hydrogen) atoms. The number of benzene rings is 2. The van der Waals surface area contributed by atoms with E-state index in [4.69, 9.17) is 23.2 Å². The number of hydrogen-bond acceptors (Lipinski definition) is 5. The van der Waals surface area contributed by atoms with Gasteiger partial charge in [0.2, 0.25) is 5.82 Å². The third-order valence-electron chi connectivity index (χ3n) is 4.83. The summed E-state index contributed by atoms with van der Waals surface area (Å²) in [6.07, 6.45) is -0.747. The molecule has 0 saturated carbocycles. The Hall–Kier alpha value is -2.88. The molecule has 0 saturated heterocycles. The SMILES string of the molecule is C[C@H](O)CNC(=O)c1nc2n(n1)-c1ccc(Cl)c(Cl)c1C(c1c(F)cccc1F)=N[C@H]2C. The summed E-state index contributed by atoms with van der Waals surface area (Å²) in [5.41, 5.74) is 0.0743. The van der Waals surface area contributed by atoms with Gasteiger partial charge in [-0.05, 0) is 38.1 Å². The lowest BCUT2D eigenvalue weighted by atomic mass is 9.99. The summed E-state index contributed by atoms with van der Waals surface area (Å²) in [4.78, 5) is 21.2. The Balaban J connectivity index is 1.94. The van der Waals surface area contributed by atoms with E-state index in [2.05, 4.69) is 20.4 Å². The van der Waals surface area contributed by atoms with Crippen molar-refractivity contribution in [1.82, 2.24) is 20.1 Å². The second-order valence-corrected chi connectivity index (χ2v) is 8.06. The number of amides is 1. The maximum Gasteiger partial charge on any atom is 0.291 e. The lowest BCUT2D eigenvalue weighted by Gasteiger charge is -2.14. The van der Waals surface area contributed by atoms with Crippen molar-refractivity contribution in [3.05, 3.63) is 74.8 Å². The van der Waals surface area contributed by atoms with Crippen molar-refractivity contribution < 1.29 is 18.7 Å². The Morgan fingerprint density at radius 3 is 2.56 bits per heavy atom. The maximum absolute atomic E-state index is 14.7. The van der Waals surface area contributed by atoms with Gasteiger partial charge in [-0.2, -0.15) is 0 Å². The van der Waals surface area contributed by atoms with Crippen molar-refractivity contribution in [2.45, 2.75) is 26.0 Å². The zero-order valence-electron chi connectivity index (χ0n) is 16.9. The molecule has 7 nitrogen and oxygen atoms in total. The van der Waals surface area contributed by atoms with E-state index in [9.17, 15) is 18.7 Å². The summed E-state index contributed by atoms with van der Waals surface area (Å²) in [5, 5.41) is 16.4. The third-order valence-corrected chi connectivity index (χ3v) is 5.63. The van der Waals surface area contributed by atoms with Crippen LogP contribution in [0.5, 0.6) is 0 Å². The number of carbonyl (C=O) groups excluding carboxylic acids is 1. The second kappa shape index (κ2) is 8.57. The molecule has 2 aromatic carbocycles. The number of nitrogens with zero attached hydrogens (tertiary/aromatic N) is 4. The first-order valence-electron chi connectivity index (χ1n) is 9.63. The fourth-order valence-corrected chi connectivity index (χ4v) is 3.77. The molecule has 0 radical (unpaired) electrons. The minimum absolute atomic E-state index is 0.0190. The molecule has 0 spiro atoms. The first-order chi connectivity index (χ1) is 15.2. The van der Waals surface area contributed by atoms with Crippen LogP contribution < -0.4 is 5.32 Å². The van der Waals surface area contributed by atoms with E-state index in [1.54, 1.807) is 13.0 Å². The van der Waals surface area contributed by atoms with Gasteiger partial charge in [0.1, 0.15) is 17.7 Å². The summed E-state index contributed by atoms with van der Waals surface area (Å²) in [6.45, 7) is 3.20. The van der Waals surface area contributed by atoms with Gasteiger partial charge in [0, 0.05) is 12.1 Å². The number of aliphatic hydroxyl groups is 1. The summed E-state index contributed by atoms with van der Waals surface area (Å²) >= 11 is 12.7. The first kappa shape index (κ1) is 22.3. The van der Waals surface area contributed by atoms with Gasteiger partial charge in [0.15, 0.2) is 5.82 Å². The standard InChI is InChI=1S/C21H17Cl2F2N5O2/c1-9(31)8-26-21(32)19-28-20-10(2)27-18(15-12(24)4-3-5-13(15)25)16-14(30(20)29-19)7-6-11(22)17(16)23/h3-7,9-10,31H,8H2,1-2H3,(H,26,32)/t9-,10-/m0/s1. The van der Waals surface area contributed by atoms with Crippen molar-refractivity contribution in [2.75, 3.05) is 6.54 Å². The molecule has 0 aliphatic carbocycles. The molecular formula is C21H17Cl2F2N5O2. The first-order valence-corrected chi connectivity index (χ1v) is 10.4. The molecule has 0 bridgehead atoms. The zero-order chi connectivity index (χ0) is 23.2. The van der Waals surface area contributed by atoms with E-state index in [0.717, 1.165) is 12.1 Å². The number of rotatable bonds is 4. The van der Waals surface area contributed by atoms with Crippen LogP contribution in [0.4, 0.5) is 8.78 Å². The Kier molecular flexibility index (Phi) is 5.98. The Labute approximate surface area is 191 Å². The minimum Gasteiger partial charge on any atom is -0.392 e. The van der Waals surface area contributed by atoms with Gasteiger partial charge in [-0.3, -0.25) is 9.79 Å². The summed E-state index contributed by atoms with van der Waals surface area (Å²) in [5.74, 6) is -2.12. The monoisotopic (exact) mass is 479 g/mol. The molecular weight excluding hydrogens is 463 g/mol. The maximum atomic E-state index is 14.7. The predicted octanol–water partition coefficient (Wildman–Crippen LogP) is 3.87. The Morgan fingerprint density at radius 2 is 1.91 bits per heavy atom. The van der Waals surface area contributed by atoms with Crippen LogP contribution in [0, 0.1) is 11.6 Å². The van der Waals surface area contributed by atoms with Gasteiger partial charge in [0.05, 0.1) is 33.1 Å². The molecule has 2 N–H and O–H groups in total. The van der Waals surface area contributed by atoms with Crippen LogP contribution in [0.1, 0.15) is 47.5 Å². The Morgan fingerprint density at radius 1 is 1.22 bits per heavy atom. The number of aromatic nitrogens is 3. The molecule has 4 rings (SSSR count). The largest absolute Gasteiger partial charge is 0.392 e. The van der Waals surface area contributed by atoms with Crippen LogP contribution in [-0.2, 0) is 0 Å². The zero-order valence-corrected chi connectivity index (χ0v) is 18.4. The molecule has 2 heterocycles. The molecule has 1 aliphatic rings. The van der Waals surface area contributed by atoms with Gasteiger partial charge in [0.25, 0.3) is 5.91 Å². The van der Waals surface area contributed by atoms with Gasteiger partial charge in [-0.15, -0.1) is 5.10 Å². The molecule has 2 atom stereocenters. The molecule has 1 aromatic heterocycles. The van der Waals surface area contributed by atoms with Crippen molar-refractivity contribution in [3.8, 4) is 5.69 Å². The molecule has 1 aliphatic heterocycles. The summed E-state index contributed by atoms with van der Waals surface area (Å²) in [7, 11) is 0. The minimum atomic E-state index is -0.816. The van der Waals surface area contributed by atoms with Crippen molar-refractivity contribution in [2.24, 2.45) is 4.99 Å². The van der Waals surface area contributed by atoms with E-state index >= 15 is 0 Å². The molecule has 166 valence electrons. The van der Waals surface area contributed by atoms with E-state index < -0.39 is 29.7 Å². The quantitative estimate of drug-likeness (QED) is 0.593. The average Bonchev–Trinajstić information content (AvgIpc) is 3.14. The van der Waals surface area contributed by atoms with Crippen LogP contribution >= 0.6 is 23.2 Å². The normalized spacial score (nSPS) is 16.0. The summed E-state index contributed by atoms with van der Waals surface area (Å²) < 4.78 is 30.7. The number of nitrogens with one attached hydrogen (secondary N) is 1. The van der Waals surface area contributed by atoms with Crippen molar-refractivity contribution >= 4 is 34.8 Å². The van der Waals surface area contributed by atoms with Crippen LogP contribution in [-0.4, -0.2) is 44.1 Å². The summed E-state index contributed by atoms with van der Waals surface area (Å²) in [6, 6.07) is 5.82. The number of aliphatic imine (C=N–C) groups is 1. The highest BCUT2D eigenvalue weighted by Gasteiger charge is 2.31. The number of hydrogen-bond donors (Lipinski definition) is 2. The topological polar surface area (TPSA) is 92.4 Å². The molecule has 3 aromatic rings. The van der Waals surface area contributed by atoms with Gasteiger partial charge < -0.3 is 10.4 Å². The van der Waals surface area contributed by atoms with Crippen molar-refractivity contribution in [1.29, 1.82) is 0 Å². The fourth-order valence-electron chi connectivity index (χ4n) is 3.36. The van der Waals surface area contributed by atoms with E-state index in [0.29, 0.717) is 5.69 Å². The van der Waals surface area contributed by atoms with Gasteiger partial charge >= 0.3 is 0 Å². The number of carbonyl (C=O) groups is 1. The van der Waals surface area contributed by atoms with Crippen LogP contribution in [0.2, 0.25) is 10.0 Å². The van der Waals surface area contributed by atoms with E-state index in [-0.39, 0.29) is 45.1 Å². The highest BCUT2D eigenvalue weighted by Crippen LogP contribution is 2.37. The van der Waals surface area contributed by atoms with Gasteiger partial charge in [-0.25, -0.2) is 18.4 Å². The van der Waals surface area contributed by atoms with Gasteiger partial charge in [-0.1, -0.05) is 29.3 Å². The molecule has 0 unspecified atom stereocenters. The number of halogens is 4. The predicted molar refractivity (Wildman–Crippen MR) is 116 cm³/mol. The van der Waals surface area contributed by atoms with Crippen molar-refractivity contribution in [3.63, 3.8) is 0 Å². The van der Waals surface area contributed by atoms with Crippen LogP contribution in [0.15, 0.2) is 35.3 Å².